The fourth-order valence-electron chi connectivity index (χ4n) is 1.37. The first-order chi connectivity index (χ1) is 6.25. The Kier molecular flexibility index (Phi) is 1.94. The maximum absolute atomic E-state index is 11.5. The molecule has 1 aromatic rings. The van der Waals surface area contributed by atoms with Crippen LogP contribution in [-0.4, -0.2) is 17.7 Å². The molecule has 0 aromatic heterocycles. The third-order valence-corrected chi connectivity index (χ3v) is 2.30. The number of hydrogen-bond acceptors (Lipinski definition) is 3. The summed E-state index contributed by atoms with van der Waals surface area (Å²) >= 11 is 3.92. The zero-order valence-electron chi connectivity index (χ0n) is 6.73. The van der Waals surface area contributed by atoms with Crippen LogP contribution in [0.2, 0.25) is 0 Å². The van der Waals surface area contributed by atoms with E-state index < -0.39 is 0 Å². The zero-order chi connectivity index (χ0) is 9.42. The van der Waals surface area contributed by atoms with Gasteiger partial charge < -0.3 is 0 Å². The van der Waals surface area contributed by atoms with Crippen LogP contribution in [0.25, 0.3) is 0 Å². The van der Waals surface area contributed by atoms with Crippen LogP contribution in [0.1, 0.15) is 20.7 Å². The minimum atomic E-state index is -0.254. The molecule has 0 spiro atoms. The summed E-state index contributed by atoms with van der Waals surface area (Å²) in [6.45, 7) is 0. The van der Waals surface area contributed by atoms with Gasteiger partial charge in [-0.3, -0.25) is 0 Å². The smallest absolute Gasteiger partial charge is 0.219 e. The van der Waals surface area contributed by atoms with Gasteiger partial charge in [-0.15, -0.1) is 12.6 Å². The molecule has 0 saturated heterocycles. The first kappa shape index (κ1) is 8.47. The van der Waals surface area contributed by atoms with Crippen molar-refractivity contribution in [3.05, 3.63) is 35.4 Å². The van der Waals surface area contributed by atoms with E-state index in [1.165, 1.54) is 0 Å². The summed E-state index contributed by atoms with van der Waals surface area (Å²) in [5.41, 5.74) is 0.947. The Morgan fingerprint density at radius 1 is 1.08 bits per heavy atom. The second kappa shape index (κ2) is 2.97. The van der Waals surface area contributed by atoms with Gasteiger partial charge in [0.05, 0.1) is 0 Å². The minimum absolute atomic E-state index is 0.131. The molecule has 2 amide bonds. The van der Waals surface area contributed by atoms with Gasteiger partial charge in [-0.05, 0) is 17.0 Å². The van der Waals surface area contributed by atoms with Crippen molar-refractivity contribution >= 4 is 24.4 Å². The molecule has 1 aliphatic rings. The Labute approximate surface area is 80.8 Å². The molecule has 0 N–H and O–H groups in total. The van der Waals surface area contributed by atoms with Gasteiger partial charge in [0.25, 0.3) is 0 Å². The largest absolute Gasteiger partial charge is 0.403 e. The second-order valence-corrected chi connectivity index (χ2v) is 3.01. The van der Waals surface area contributed by atoms with Crippen LogP contribution >= 0.6 is 12.6 Å². The summed E-state index contributed by atoms with van der Waals surface area (Å²) in [5.74, 6) is -0.377. The zero-order valence-corrected chi connectivity index (χ0v) is 7.62. The summed E-state index contributed by atoms with van der Waals surface area (Å²) in [6, 6.07) is 6.79. The van der Waals surface area contributed by atoms with E-state index in [1.54, 1.807) is 24.3 Å². The molecule has 0 unspecified atom stereocenters. The quantitative estimate of drug-likeness (QED) is 0.411. The standard InChI is InChI=1S/C9H7NO2S/c11-8-6-3-1-2-4-7(6)9(12)10(8)5-13/h1-4,13H,5H2/q+1. The Hall–Kier alpha value is -1.13. The monoisotopic (exact) mass is 193 g/mol. The van der Waals surface area contributed by atoms with Gasteiger partial charge in [-0.25, -0.2) is 9.59 Å². The summed E-state index contributed by atoms with van der Waals surface area (Å²) in [7, 11) is 0. The number of imide groups is 1. The number of carbonyl (C=O) groups excluding carboxylic acids is 2. The Morgan fingerprint density at radius 2 is 1.54 bits per heavy atom. The number of carbonyl (C=O) groups is 2. The van der Waals surface area contributed by atoms with E-state index in [1.807, 2.05) is 0 Å². The fraction of sp³-hybridized carbons (Fsp3) is 0.111. The van der Waals surface area contributed by atoms with E-state index in [4.69, 9.17) is 0 Å². The number of nitrogens with zero attached hydrogens (tertiary/aromatic N) is 1. The Balaban J connectivity index is 2.57. The van der Waals surface area contributed by atoms with E-state index in [9.17, 15) is 9.59 Å². The lowest BCUT2D eigenvalue weighted by molar-refractivity contribution is 0.0788. The molecule has 1 aliphatic heterocycles. The van der Waals surface area contributed by atoms with Gasteiger partial charge >= 0.3 is 11.8 Å². The molecule has 3 nitrogen and oxygen atoms in total. The highest BCUT2D eigenvalue weighted by molar-refractivity contribution is 7.80. The lowest BCUT2D eigenvalue weighted by Crippen LogP contribution is -2.34. The molecule has 0 atom stereocenters. The SMILES string of the molecule is O=C1c2ccccc2C(=O)[N+]1CS. The van der Waals surface area contributed by atoms with Crippen LogP contribution in [0.15, 0.2) is 24.3 Å². The van der Waals surface area contributed by atoms with Crippen molar-refractivity contribution in [3.8, 4) is 0 Å². The molecular formula is C9H7NO2S+. The second-order valence-electron chi connectivity index (χ2n) is 2.73. The van der Waals surface area contributed by atoms with Crippen molar-refractivity contribution in [1.29, 1.82) is 0 Å². The molecular weight excluding hydrogens is 186 g/mol. The van der Waals surface area contributed by atoms with E-state index >= 15 is 0 Å². The summed E-state index contributed by atoms with van der Waals surface area (Å²) in [4.78, 5) is 24.1. The van der Waals surface area contributed by atoms with Crippen molar-refractivity contribution in [2.75, 3.05) is 5.88 Å². The first-order valence-corrected chi connectivity index (χ1v) is 4.45. The Morgan fingerprint density at radius 3 is 1.92 bits per heavy atom. The number of hydrogen-bond donors (Lipinski definition) is 1. The average molecular weight is 193 g/mol. The van der Waals surface area contributed by atoms with Crippen LogP contribution in [0.4, 0.5) is 0 Å². The van der Waals surface area contributed by atoms with Crippen LogP contribution in [0.3, 0.4) is 0 Å². The average Bonchev–Trinajstić information content (AvgIpc) is 2.41. The van der Waals surface area contributed by atoms with Gasteiger partial charge in [0.2, 0.25) is 0 Å². The van der Waals surface area contributed by atoms with E-state index in [0.717, 1.165) is 4.90 Å². The molecule has 0 saturated carbocycles. The molecule has 0 aliphatic carbocycles. The first-order valence-electron chi connectivity index (χ1n) is 3.82. The van der Waals surface area contributed by atoms with Crippen molar-refractivity contribution in [2.45, 2.75) is 0 Å². The van der Waals surface area contributed by atoms with E-state index in [0.29, 0.717) is 11.1 Å². The maximum atomic E-state index is 11.5. The highest BCUT2D eigenvalue weighted by atomic mass is 32.1. The topological polar surface area (TPSA) is 40.0 Å². The molecule has 13 heavy (non-hydrogen) atoms. The third kappa shape index (κ3) is 1.10. The van der Waals surface area contributed by atoms with E-state index in [2.05, 4.69) is 12.6 Å². The van der Waals surface area contributed by atoms with Crippen molar-refractivity contribution in [1.82, 2.24) is 4.90 Å². The molecule has 4 heteroatoms. The van der Waals surface area contributed by atoms with Crippen molar-refractivity contribution < 1.29 is 9.59 Å². The lowest BCUT2D eigenvalue weighted by atomic mass is 10.1. The number of fused-ring (bicyclic) bond motifs is 1. The lowest BCUT2D eigenvalue weighted by Gasteiger charge is -1.91. The molecule has 1 heterocycles. The molecule has 65 valence electrons. The summed E-state index contributed by atoms with van der Waals surface area (Å²) < 4.78 is 0. The van der Waals surface area contributed by atoms with Gasteiger partial charge in [0.1, 0.15) is 11.1 Å². The molecule has 1 aromatic carbocycles. The Bertz CT molecular complexity index is 354. The van der Waals surface area contributed by atoms with Crippen LogP contribution < -0.4 is 4.90 Å². The van der Waals surface area contributed by atoms with Gasteiger partial charge in [-0.2, -0.15) is 0 Å². The minimum Gasteiger partial charge on any atom is -0.219 e. The number of rotatable bonds is 1. The van der Waals surface area contributed by atoms with Crippen LogP contribution in [-0.2, 0) is 0 Å². The summed E-state index contributed by atoms with van der Waals surface area (Å²) in [5, 5.41) is 0. The number of thiol groups is 1. The predicted octanol–water partition coefficient (Wildman–Crippen LogP) is 1.01. The normalized spacial score (nSPS) is 16.4. The van der Waals surface area contributed by atoms with Gasteiger partial charge in [0, 0.05) is 0 Å². The van der Waals surface area contributed by atoms with Crippen LogP contribution in [0, 0.1) is 0 Å². The molecule has 1 radical (unpaired) electrons. The van der Waals surface area contributed by atoms with Crippen molar-refractivity contribution in [2.24, 2.45) is 0 Å². The third-order valence-electron chi connectivity index (χ3n) is 2.02. The fourth-order valence-corrected chi connectivity index (χ4v) is 1.62. The van der Waals surface area contributed by atoms with Crippen molar-refractivity contribution in [3.63, 3.8) is 0 Å². The van der Waals surface area contributed by atoms with Crippen LogP contribution in [0.5, 0.6) is 0 Å². The van der Waals surface area contributed by atoms with Gasteiger partial charge in [0.15, 0.2) is 5.88 Å². The molecule has 0 bridgehead atoms. The van der Waals surface area contributed by atoms with E-state index in [-0.39, 0.29) is 17.7 Å². The molecule has 0 fully saturated rings. The number of benzene rings is 1. The molecule has 2 rings (SSSR count). The summed E-state index contributed by atoms with van der Waals surface area (Å²) in [6.07, 6.45) is 0. The predicted molar refractivity (Wildman–Crippen MR) is 51.1 cm³/mol. The highest BCUT2D eigenvalue weighted by Gasteiger charge is 2.46. The highest BCUT2D eigenvalue weighted by Crippen LogP contribution is 2.20. The maximum Gasteiger partial charge on any atom is 0.403 e. The number of amides is 2. The van der Waals surface area contributed by atoms with Gasteiger partial charge in [-0.1, -0.05) is 12.1 Å².